The van der Waals surface area contributed by atoms with E-state index in [9.17, 15) is 0 Å². The second-order valence-corrected chi connectivity index (χ2v) is 3.00. The second kappa shape index (κ2) is 5.37. The number of hydrogen-bond acceptors (Lipinski definition) is 1. The molecular formula is C12H17N. The van der Waals surface area contributed by atoms with Crippen molar-refractivity contribution < 1.29 is 0 Å². The van der Waals surface area contributed by atoms with Crippen LogP contribution in [0.2, 0.25) is 0 Å². The maximum atomic E-state index is 8.79. The van der Waals surface area contributed by atoms with Crippen LogP contribution in [0.5, 0.6) is 0 Å². The molecule has 1 aliphatic rings. The molecule has 13 heavy (non-hydrogen) atoms. The summed E-state index contributed by atoms with van der Waals surface area (Å²) in [5.74, 6) is 0. The molecule has 0 aliphatic heterocycles. The monoisotopic (exact) mass is 175 g/mol. The molecule has 0 aromatic heterocycles. The summed E-state index contributed by atoms with van der Waals surface area (Å²) in [6.45, 7) is 7.91. The largest absolute Gasteiger partial charge is 0.197 e. The Morgan fingerprint density at radius 3 is 2.46 bits per heavy atom. The zero-order valence-electron chi connectivity index (χ0n) is 8.83. The maximum absolute atomic E-state index is 8.79. The average Bonchev–Trinajstić information content (AvgIpc) is 2.33. The molecule has 1 nitrogen and oxygen atoms in total. The van der Waals surface area contributed by atoms with Crippen LogP contribution in [0.3, 0.4) is 0 Å². The lowest BCUT2D eigenvalue weighted by Gasteiger charge is -2.08. The van der Waals surface area contributed by atoms with Crippen LogP contribution in [-0.4, -0.2) is 0 Å². The molecule has 0 N–H and O–H groups in total. The summed E-state index contributed by atoms with van der Waals surface area (Å²) in [7, 11) is 0. The van der Waals surface area contributed by atoms with Crippen LogP contribution in [-0.2, 0) is 0 Å². The smallest absolute Gasteiger partial charge is 0.0911 e. The van der Waals surface area contributed by atoms with Crippen molar-refractivity contribution in [3.05, 3.63) is 36.0 Å². The Hall–Kier alpha value is -1.29. The van der Waals surface area contributed by atoms with Gasteiger partial charge in [0.2, 0.25) is 0 Å². The van der Waals surface area contributed by atoms with Gasteiger partial charge in [0, 0.05) is 0 Å². The molecule has 0 saturated heterocycles. The van der Waals surface area contributed by atoms with Crippen molar-refractivity contribution in [3.8, 4) is 6.07 Å². The minimum Gasteiger partial charge on any atom is -0.197 e. The van der Waals surface area contributed by atoms with E-state index in [-0.39, 0.29) is 0 Å². The minimum absolute atomic E-state index is 0.422. The highest BCUT2D eigenvalue weighted by atomic mass is 14.3. The second-order valence-electron chi connectivity index (χ2n) is 3.00. The van der Waals surface area contributed by atoms with Crippen molar-refractivity contribution in [3.63, 3.8) is 0 Å². The predicted molar refractivity (Wildman–Crippen MR) is 57.1 cm³/mol. The number of nitriles is 1. The fraction of sp³-hybridized carbons (Fsp3) is 0.417. The van der Waals surface area contributed by atoms with E-state index in [2.05, 4.69) is 6.07 Å². The molecule has 1 heteroatoms. The first-order valence-electron chi connectivity index (χ1n) is 4.63. The standard InChI is InChI=1S/C10H11N.C2H6/c1-9-4-3-6-10(2,8-11)7-5-9;1-2/h3-7H,1-2H3;1-2H3. The van der Waals surface area contributed by atoms with Crippen LogP contribution in [0.15, 0.2) is 36.0 Å². The normalized spacial score (nSPS) is 25.0. The van der Waals surface area contributed by atoms with Crippen LogP contribution >= 0.6 is 0 Å². The molecule has 1 atom stereocenters. The van der Waals surface area contributed by atoms with Crippen molar-refractivity contribution in [2.24, 2.45) is 5.41 Å². The van der Waals surface area contributed by atoms with E-state index in [0.717, 1.165) is 0 Å². The van der Waals surface area contributed by atoms with Crippen molar-refractivity contribution in [2.75, 3.05) is 0 Å². The third-order valence-corrected chi connectivity index (χ3v) is 1.73. The van der Waals surface area contributed by atoms with Gasteiger partial charge in [-0.3, -0.25) is 0 Å². The number of allylic oxidation sites excluding steroid dienone is 6. The lowest BCUT2D eigenvalue weighted by Crippen LogP contribution is -2.04. The highest BCUT2D eigenvalue weighted by Gasteiger charge is 2.15. The van der Waals surface area contributed by atoms with E-state index in [1.54, 1.807) is 0 Å². The lowest BCUT2D eigenvalue weighted by atomic mass is 9.92. The quantitative estimate of drug-likeness (QED) is 0.551. The molecule has 0 heterocycles. The van der Waals surface area contributed by atoms with E-state index in [0.29, 0.717) is 0 Å². The van der Waals surface area contributed by atoms with Gasteiger partial charge in [-0.2, -0.15) is 5.26 Å². The highest BCUT2D eigenvalue weighted by molar-refractivity contribution is 5.33. The number of nitrogens with zero attached hydrogens (tertiary/aromatic N) is 1. The van der Waals surface area contributed by atoms with Crippen LogP contribution in [0, 0.1) is 16.7 Å². The Morgan fingerprint density at radius 1 is 1.31 bits per heavy atom. The van der Waals surface area contributed by atoms with Gasteiger partial charge in [-0.05, 0) is 13.8 Å². The molecule has 0 aromatic carbocycles. The first-order chi connectivity index (χ1) is 6.16. The Labute approximate surface area is 81.1 Å². The van der Waals surface area contributed by atoms with Gasteiger partial charge < -0.3 is 0 Å². The molecule has 0 saturated carbocycles. The van der Waals surface area contributed by atoms with E-state index >= 15 is 0 Å². The van der Waals surface area contributed by atoms with Crippen molar-refractivity contribution in [1.82, 2.24) is 0 Å². The number of rotatable bonds is 0. The van der Waals surface area contributed by atoms with E-state index < -0.39 is 5.41 Å². The number of hydrogen-bond donors (Lipinski definition) is 0. The Kier molecular flexibility index (Phi) is 4.84. The summed E-state index contributed by atoms with van der Waals surface area (Å²) in [5.41, 5.74) is 0.758. The summed E-state index contributed by atoms with van der Waals surface area (Å²) in [4.78, 5) is 0. The predicted octanol–water partition coefficient (Wildman–Crippen LogP) is 3.61. The molecule has 70 valence electrons. The van der Waals surface area contributed by atoms with Crippen molar-refractivity contribution >= 4 is 0 Å². The molecule has 0 fully saturated rings. The third-order valence-electron chi connectivity index (χ3n) is 1.73. The summed E-state index contributed by atoms with van der Waals surface area (Å²) >= 11 is 0. The van der Waals surface area contributed by atoms with Crippen LogP contribution in [0.25, 0.3) is 0 Å². The van der Waals surface area contributed by atoms with Gasteiger partial charge in [0.1, 0.15) is 0 Å². The van der Waals surface area contributed by atoms with Crippen molar-refractivity contribution in [2.45, 2.75) is 27.7 Å². The molecule has 0 aromatic rings. The molecule has 0 radical (unpaired) electrons. The van der Waals surface area contributed by atoms with E-state index in [1.165, 1.54) is 5.57 Å². The molecule has 1 rings (SSSR count). The summed E-state index contributed by atoms with van der Waals surface area (Å²) in [6.07, 6.45) is 9.73. The van der Waals surface area contributed by atoms with Gasteiger partial charge in [0.05, 0.1) is 11.5 Å². The van der Waals surface area contributed by atoms with Crippen LogP contribution < -0.4 is 0 Å². The molecular weight excluding hydrogens is 158 g/mol. The maximum Gasteiger partial charge on any atom is 0.0911 e. The topological polar surface area (TPSA) is 23.8 Å². The Balaban J connectivity index is 0.000000671. The van der Waals surface area contributed by atoms with Crippen LogP contribution in [0.1, 0.15) is 27.7 Å². The lowest BCUT2D eigenvalue weighted by molar-refractivity contribution is 0.736. The van der Waals surface area contributed by atoms with Gasteiger partial charge in [0.15, 0.2) is 0 Å². The van der Waals surface area contributed by atoms with Gasteiger partial charge in [-0.15, -0.1) is 0 Å². The summed E-state index contributed by atoms with van der Waals surface area (Å²) in [5, 5.41) is 8.79. The minimum atomic E-state index is -0.422. The Morgan fingerprint density at radius 2 is 1.92 bits per heavy atom. The van der Waals surface area contributed by atoms with Gasteiger partial charge >= 0.3 is 0 Å². The molecule has 1 aliphatic carbocycles. The van der Waals surface area contributed by atoms with Crippen LogP contribution in [0.4, 0.5) is 0 Å². The zero-order chi connectivity index (χ0) is 10.3. The third kappa shape index (κ3) is 3.75. The highest BCUT2D eigenvalue weighted by Crippen LogP contribution is 2.22. The Bertz CT molecular complexity index is 276. The van der Waals surface area contributed by atoms with E-state index in [4.69, 9.17) is 5.26 Å². The summed E-state index contributed by atoms with van der Waals surface area (Å²) in [6, 6.07) is 2.23. The molecule has 1 unspecified atom stereocenters. The summed E-state index contributed by atoms with van der Waals surface area (Å²) < 4.78 is 0. The van der Waals surface area contributed by atoms with Gasteiger partial charge in [-0.25, -0.2) is 0 Å². The fourth-order valence-corrected chi connectivity index (χ4v) is 0.890. The zero-order valence-corrected chi connectivity index (χ0v) is 8.83. The van der Waals surface area contributed by atoms with Gasteiger partial charge in [-0.1, -0.05) is 49.8 Å². The van der Waals surface area contributed by atoms with E-state index in [1.807, 2.05) is 58.1 Å². The SMILES string of the molecule is CC.CC1=CC=CC(C)(C#N)C=C1. The van der Waals surface area contributed by atoms with Crippen molar-refractivity contribution in [1.29, 1.82) is 5.26 Å². The fourth-order valence-electron chi connectivity index (χ4n) is 0.890. The molecule has 0 spiro atoms. The first-order valence-corrected chi connectivity index (χ1v) is 4.63. The molecule has 0 bridgehead atoms. The first kappa shape index (κ1) is 11.7. The van der Waals surface area contributed by atoms with Gasteiger partial charge in [0.25, 0.3) is 0 Å². The molecule has 0 amide bonds. The average molecular weight is 175 g/mol.